The monoisotopic (exact) mass is 716 g/mol. The van der Waals surface area contributed by atoms with Gasteiger partial charge in [0.15, 0.2) is 5.82 Å². The molecule has 11 aromatic rings. The van der Waals surface area contributed by atoms with Gasteiger partial charge in [0.05, 0.1) is 11.4 Å². The third-order valence-electron chi connectivity index (χ3n) is 10.7. The van der Waals surface area contributed by atoms with Crippen molar-refractivity contribution in [3.05, 3.63) is 194 Å². The second-order valence-corrected chi connectivity index (χ2v) is 14.1. The topological polar surface area (TPSA) is 52.1 Å². The number of rotatable bonds is 6. The van der Waals surface area contributed by atoms with Crippen LogP contribution in [0.5, 0.6) is 0 Å². The first kappa shape index (κ1) is 31.9. The van der Waals surface area contributed by atoms with Crippen LogP contribution in [0, 0.1) is 0 Å². The molecule has 0 fully saturated rings. The number of hydrogen-bond donors (Lipinski definition) is 0. The molecule has 262 valence electrons. The Hall–Kier alpha value is -7.56. The molecule has 3 aromatic heterocycles. The smallest absolute Gasteiger partial charge is 0.161 e. The van der Waals surface area contributed by atoms with Gasteiger partial charge in [0.2, 0.25) is 0 Å². The third-order valence-corrected chi connectivity index (χ3v) is 10.7. The van der Waals surface area contributed by atoms with Crippen molar-refractivity contribution < 1.29 is 8.83 Å². The fraction of sp³-hybridized carbons (Fsp3) is 0. The van der Waals surface area contributed by atoms with Crippen LogP contribution in [-0.4, -0.2) is 9.97 Å². The molecule has 0 aliphatic heterocycles. The molecule has 4 heteroatoms. The van der Waals surface area contributed by atoms with Gasteiger partial charge in [0.1, 0.15) is 22.3 Å². The Kier molecular flexibility index (Phi) is 7.46. The number of fused-ring (bicyclic) bond motifs is 6. The van der Waals surface area contributed by atoms with E-state index in [0.29, 0.717) is 5.82 Å². The minimum Gasteiger partial charge on any atom is -0.456 e. The van der Waals surface area contributed by atoms with E-state index in [9.17, 15) is 0 Å². The van der Waals surface area contributed by atoms with Gasteiger partial charge in [-0.15, -0.1) is 0 Å². The summed E-state index contributed by atoms with van der Waals surface area (Å²) in [6, 6.07) is 67.3. The predicted octanol–water partition coefficient (Wildman–Crippen LogP) is 14.3. The van der Waals surface area contributed by atoms with Crippen LogP contribution in [0.3, 0.4) is 0 Å². The van der Waals surface area contributed by atoms with Crippen molar-refractivity contribution in [3.63, 3.8) is 0 Å². The predicted molar refractivity (Wildman–Crippen MR) is 229 cm³/mol. The van der Waals surface area contributed by atoms with E-state index in [4.69, 9.17) is 18.8 Å². The van der Waals surface area contributed by atoms with Crippen LogP contribution >= 0.6 is 0 Å². The number of nitrogens with zero attached hydrogens (tertiary/aromatic N) is 2. The zero-order valence-electron chi connectivity index (χ0n) is 30.2. The summed E-state index contributed by atoms with van der Waals surface area (Å²) >= 11 is 0. The lowest BCUT2D eigenvalue weighted by atomic mass is 9.94. The summed E-state index contributed by atoms with van der Waals surface area (Å²) in [6.07, 6.45) is 0. The molecule has 0 unspecified atom stereocenters. The van der Waals surface area contributed by atoms with E-state index in [0.717, 1.165) is 105 Å². The second kappa shape index (κ2) is 13.1. The van der Waals surface area contributed by atoms with Gasteiger partial charge in [-0.25, -0.2) is 9.97 Å². The zero-order chi connectivity index (χ0) is 37.0. The number of benzene rings is 8. The standard InChI is InChI=1S/C52H32N2O2/c1-4-15-33(16-5-1)36-29-37(34-17-6-2-7-18-34)31-38(30-36)45-32-44(35-19-8-3-9-20-35)53-52(54-45)43-28-27-40(51-50(43)42-22-11-13-25-47(42)56-51)39-23-14-26-48-49(39)41-21-10-12-24-46(41)55-48/h1-32H. The van der Waals surface area contributed by atoms with Gasteiger partial charge in [0.25, 0.3) is 0 Å². The van der Waals surface area contributed by atoms with Crippen molar-refractivity contribution in [2.24, 2.45) is 0 Å². The average molecular weight is 717 g/mol. The number of para-hydroxylation sites is 2. The van der Waals surface area contributed by atoms with Crippen LogP contribution < -0.4 is 0 Å². The molecule has 0 atom stereocenters. The number of aromatic nitrogens is 2. The molecule has 56 heavy (non-hydrogen) atoms. The number of furan rings is 2. The lowest BCUT2D eigenvalue weighted by Gasteiger charge is -2.14. The van der Waals surface area contributed by atoms with Crippen LogP contribution in [0.15, 0.2) is 203 Å². The molecule has 3 heterocycles. The molecular weight excluding hydrogens is 685 g/mol. The van der Waals surface area contributed by atoms with Crippen molar-refractivity contribution in [2.75, 3.05) is 0 Å². The quantitative estimate of drug-likeness (QED) is 0.172. The first-order chi connectivity index (χ1) is 27.7. The molecule has 0 saturated heterocycles. The Morgan fingerprint density at radius 3 is 1.46 bits per heavy atom. The summed E-state index contributed by atoms with van der Waals surface area (Å²) in [5, 5.41) is 4.12. The highest BCUT2D eigenvalue weighted by atomic mass is 16.3. The third kappa shape index (κ3) is 5.39. The maximum Gasteiger partial charge on any atom is 0.161 e. The average Bonchev–Trinajstić information content (AvgIpc) is 3.86. The summed E-state index contributed by atoms with van der Waals surface area (Å²) in [5.41, 5.74) is 14.5. The summed E-state index contributed by atoms with van der Waals surface area (Å²) in [5.74, 6) is 0.628. The van der Waals surface area contributed by atoms with Crippen molar-refractivity contribution in [3.8, 4) is 67.3 Å². The second-order valence-electron chi connectivity index (χ2n) is 14.1. The molecule has 0 amide bonds. The fourth-order valence-corrected chi connectivity index (χ4v) is 8.07. The minimum absolute atomic E-state index is 0.628. The first-order valence-corrected chi connectivity index (χ1v) is 18.8. The molecule has 0 radical (unpaired) electrons. The van der Waals surface area contributed by atoms with Gasteiger partial charge in [-0.3, -0.25) is 0 Å². The summed E-state index contributed by atoms with van der Waals surface area (Å²) in [4.78, 5) is 10.7. The van der Waals surface area contributed by atoms with Gasteiger partial charge in [-0.1, -0.05) is 140 Å². The summed E-state index contributed by atoms with van der Waals surface area (Å²) in [6.45, 7) is 0. The van der Waals surface area contributed by atoms with Crippen molar-refractivity contribution in [1.29, 1.82) is 0 Å². The van der Waals surface area contributed by atoms with E-state index in [1.165, 1.54) is 0 Å². The van der Waals surface area contributed by atoms with Crippen LogP contribution in [0.4, 0.5) is 0 Å². The van der Waals surface area contributed by atoms with Crippen LogP contribution in [0.2, 0.25) is 0 Å². The first-order valence-electron chi connectivity index (χ1n) is 18.8. The molecule has 0 aliphatic rings. The van der Waals surface area contributed by atoms with Gasteiger partial charge < -0.3 is 8.83 Å². The Bertz CT molecular complexity index is 3180. The molecular formula is C52H32N2O2. The summed E-state index contributed by atoms with van der Waals surface area (Å²) < 4.78 is 13.1. The lowest BCUT2D eigenvalue weighted by Crippen LogP contribution is -1.97. The van der Waals surface area contributed by atoms with Crippen molar-refractivity contribution in [1.82, 2.24) is 9.97 Å². The molecule has 0 bridgehead atoms. The van der Waals surface area contributed by atoms with Crippen molar-refractivity contribution in [2.45, 2.75) is 0 Å². The highest BCUT2D eigenvalue weighted by Gasteiger charge is 2.22. The molecule has 11 rings (SSSR count). The Morgan fingerprint density at radius 2 is 0.804 bits per heavy atom. The van der Waals surface area contributed by atoms with E-state index < -0.39 is 0 Å². The highest BCUT2D eigenvalue weighted by Crippen LogP contribution is 2.45. The Labute approximate surface area is 323 Å². The Balaban J connectivity index is 1.18. The van der Waals surface area contributed by atoms with Gasteiger partial charge in [-0.05, 0) is 82.4 Å². The van der Waals surface area contributed by atoms with Gasteiger partial charge in [0, 0.05) is 43.8 Å². The SMILES string of the molecule is c1ccc(-c2cc(-c3ccccc3)cc(-c3cc(-c4ccccc4)nc(-c4ccc(-c5cccc6oc7ccccc7c56)c5oc6ccccc6c45)n3)c2)cc1. The van der Waals surface area contributed by atoms with E-state index in [-0.39, 0.29) is 0 Å². The molecule has 0 aliphatic carbocycles. The van der Waals surface area contributed by atoms with Crippen LogP contribution in [0.25, 0.3) is 111 Å². The normalized spacial score (nSPS) is 11.6. The van der Waals surface area contributed by atoms with E-state index in [2.05, 4.69) is 158 Å². The molecule has 0 saturated carbocycles. The molecule has 0 N–H and O–H groups in total. The van der Waals surface area contributed by atoms with E-state index >= 15 is 0 Å². The largest absolute Gasteiger partial charge is 0.456 e. The molecule has 4 nitrogen and oxygen atoms in total. The summed E-state index contributed by atoms with van der Waals surface area (Å²) in [7, 11) is 0. The Morgan fingerprint density at radius 1 is 0.304 bits per heavy atom. The molecule has 0 spiro atoms. The minimum atomic E-state index is 0.628. The maximum atomic E-state index is 6.81. The van der Waals surface area contributed by atoms with Crippen LogP contribution in [0.1, 0.15) is 0 Å². The fourth-order valence-electron chi connectivity index (χ4n) is 8.07. The maximum absolute atomic E-state index is 6.81. The van der Waals surface area contributed by atoms with Crippen LogP contribution in [-0.2, 0) is 0 Å². The van der Waals surface area contributed by atoms with E-state index in [1.54, 1.807) is 0 Å². The van der Waals surface area contributed by atoms with Gasteiger partial charge in [-0.2, -0.15) is 0 Å². The van der Waals surface area contributed by atoms with Crippen molar-refractivity contribution >= 4 is 43.9 Å². The zero-order valence-corrected chi connectivity index (χ0v) is 30.2. The lowest BCUT2D eigenvalue weighted by molar-refractivity contribution is 0.668. The number of hydrogen-bond acceptors (Lipinski definition) is 4. The van der Waals surface area contributed by atoms with E-state index in [1.807, 2.05) is 36.4 Å². The molecule has 8 aromatic carbocycles. The van der Waals surface area contributed by atoms with Gasteiger partial charge >= 0.3 is 0 Å². The highest BCUT2D eigenvalue weighted by molar-refractivity contribution is 6.20.